The Balaban J connectivity index is 1.41. The van der Waals surface area contributed by atoms with Gasteiger partial charge in [-0.2, -0.15) is 13.2 Å². The number of nitrogens with zero attached hydrogens (tertiary/aromatic N) is 1. The number of carbonyl (C=O) groups excluding carboxylic acids is 1. The lowest BCUT2D eigenvalue weighted by Crippen LogP contribution is -2.46. The third kappa shape index (κ3) is 3.52. The number of likely N-dealkylation sites (tertiary alicyclic amines) is 1. The molecular formula is C23H22F3NO2. The van der Waals surface area contributed by atoms with E-state index in [9.17, 15) is 18.0 Å². The first-order chi connectivity index (χ1) is 13.8. The van der Waals surface area contributed by atoms with E-state index >= 15 is 0 Å². The van der Waals surface area contributed by atoms with Gasteiger partial charge in [0.2, 0.25) is 0 Å². The monoisotopic (exact) mass is 401 g/mol. The van der Waals surface area contributed by atoms with Crippen LogP contribution in [0.15, 0.2) is 54.1 Å². The maximum atomic E-state index is 13.1. The molecule has 152 valence electrons. The highest BCUT2D eigenvalue weighted by Gasteiger charge is 2.42. The molecule has 0 radical (unpaired) electrons. The molecule has 3 nitrogen and oxygen atoms in total. The van der Waals surface area contributed by atoms with Crippen molar-refractivity contribution in [1.29, 1.82) is 0 Å². The number of fused-ring (bicyclic) bond motifs is 2. The number of piperidine rings is 1. The molecule has 0 unspecified atom stereocenters. The first kappa shape index (κ1) is 19.6. The second-order valence-corrected chi connectivity index (χ2v) is 7.66. The van der Waals surface area contributed by atoms with Crippen molar-refractivity contribution in [2.75, 3.05) is 19.7 Å². The van der Waals surface area contributed by atoms with Gasteiger partial charge < -0.3 is 9.64 Å². The Labute approximate surface area is 167 Å². The SMILES string of the molecule is CC1=Cc2ccccc2C12CCN(C(=O)COc1ccccc1C(F)(F)F)CC2. The van der Waals surface area contributed by atoms with Gasteiger partial charge in [-0.25, -0.2) is 0 Å². The highest BCUT2D eigenvalue weighted by Crippen LogP contribution is 2.48. The molecule has 1 spiro atoms. The van der Waals surface area contributed by atoms with Crippen LogP contribution in [0.4, 0.5) is 13.2 Å². The van der Waals surface area contributed by atoms with E-state index in [2.05, 4.69) is 25.1 Å². The Kier molecular flexibility index (Phi) is 4.89. The molecule has 1 aliphatic carbocycles. The molecule has 29 heavy (non-hydrogen) atoms. The highest BCUT2D eigenvalue weighted by atomic mass is 19.4. The summed E-state index contributed by atoms with van der Waals surface area (Å²) < 4.78 is 44.5. The van der Waals surface area contributed by atoms with Gasteiger partial charge in [0.05, 0.1) is 5.56 Å². The average molecular weight is 401 g/mol. The summed E-state index contributed by atoms with van der Waals surface area (Å²) in [6.45, 7) is 2.85. The van der Waals surface area contributed by atoms with Gasteiger partial charge in [0.25, 0.3) is 5.91 Å². The Hall–Kier alpha value is -2.76. The van der Waals surface area contributed by atoms with Crippen LogP contribution in [0.2, 0.25) is 0 Å². The number of para-hydroxylation sites is 1. The van der Waals surface area contributed by atoms with Crippen LogP contribution in [0.3, 0.4) is 0 Å². The number of ether oxygens (including phenoxy) is 1. The van der Waals surface area contributed by atoms with Crippen LogP contribution in [0.1, 0.15) is 36.5 Å². The van der Waals surface area contributed by atoms with Crippen molar-refractivity contribution in [3.63, 3.8) is 0 Å². The molecule has 0 N–H and O–H groups in total. The number of allylic oxidation sites excluding steroid dienone is 1. The summed E-state index contributed by atoms with van der Waals surface area (Å²) >= 11 is 0. The number of benzene rings is 2. The van der Waals surface area contributed by atoms with E-state index in [1.165, 1.54) is 34.9 Å². The number of alkyl halides is 3. The number of amides is 1. The van der Waals surface area contributed by atoms with Gasteiger partial charge in [-0.05, 0) is 43.0 Å². The molecule has 2 aromatic carbocycles. The fourth-order valence-corrected chi connectivity index (χ4v) is 4.50. The number of hydrogen-bond donors (Lipinski definition) is 0. The predicted molar refractivity (Wildman–Crippen MR) is 105 cm³/mol. The van der Waals surface area contributed by atoms with Crippen molar-refractivity contribution in [3.05, 3.63) is 70.8 Å². The van der Waals surface area contributed by atoms with Crippen molar-refractivity contribution in [2.24, 2.45) is 0 Å². The molecule has 0 saturated carbocycles. The number of carbonyl (C=O) groups is 1. The van der Waals surface area contributed by atoms with Crippen LogP contribution in [-0.2, 0) is 16.4 Å². The largest absolute Gasteiger partial charge is 0.483 e. The van der Waals surface area contributed by atoms with E-state index in [1.54, 1.807) is 4.90 Å². The van der Waals surface area contributed by atoms with Crippen molar-refractivity contribution in [3.8, 4) is 5.75 Å². The molecule has 1 amide bonds. The second kappa shape index (κ2) is 7.25. The summed E-state index contributed by atoms with van der Waals surface area (Å²) in [7, 11) is 0. The van der Waals surface area contributed by atoms with E-state index in [-0.39, 0.29) is 17.1 Å². The van der Waals surface area contributed by atoms with Crippen molar-refractivity contribution >= 4 is 12.0 Å². The number of hydrogen-bond acceptors (Lipinski definition) is 2. The summed E-state index contributed by atoms with van der Waals surface area (Å²) in [6, 6.07) is 13.3. The molecule has 1 fully saturated rings. The summed E-state index contributed by atoms with van der Waals surface area (Å²) in [4.78, 5) is 14.3. The van der Waals surface area contributed by atoms with Gasteiger partial charge >= 0.3 is 6.18 Å². The minimum atomic E-state index is -4.52. The maximum Gasteiger partial charge on any atom is 0.419 e. The molecule has 0 bridgehead atoms. The van der Waals surface area contributed by atoms with Gasteiger partial charge in [0.1, 0.15) is 5.75 Å². The molecular weight excluding hydrogens is 379 g/mol. The van der Waals surface area contributed by atoms with Gasteiger partial charge in [-0.1, -0.05) is 48.0 Å². The first-order valence-corrected chi connectivity index (χ1v) is 9.66. The van der Waals surface area contributed by atoms with Crippen molar-refractivity contribution < 1.29 is 22.7 Å². The number of rotatable bonds is 3. The molecule has 2 aliphatic rings. The Morgan fingerprint density at radius 1 is 1.07 bits per heavy atom. The molecule has 2 aromatic rings. The molecule has 1 heterocycles. The Morgan fingerprint density at radius 3 is 2.45 bits per heavy atom. The first-order valence-electron chi connectivity index (χ1n) is 9.66. The quantitative estimate of drug-likeness (QED) is 0.719. The Bertz CT molecular complexity index is 957. The van der Waals surface area contributed by atoms with E-state index < -0.39 is 18.3 Å². The van der Waals surface area contributed by atoms with Gasteiger partial charge in [-0.3, -0.25) is 4.79 Å². The van der Waals surface area contributed by atoms with Gasteiger partial charge in [0.15, 0.2) is 6.61 Å². The van der Waals surface area contributed by atoms with E-state index in [0.29, 0.717) is 13.1 Å². The summed E-state index contributed by atoms with van der Waals surface area (Å²) in [6.07, 6.45) is -0.699. The van der Waals surface area contributed by atoms with Crippen molar-refractivity contribution in [2.45, 2.75) is 31.4 Å². The minimum absolute atomic E-state index is 0.0445. The molecule has 6 heteroatoms. The van der Waals surface area contributed by atoms with Crippen LogP contribution < -0.4 is 4.74 Å². The zero-order chi connectivity index (χ0) is 20.6. The van der Waals surface area contributed by atoms with Crippen LogP contribution in [0.5, 0.6) is 5.75 Å². The fourth-order valence-electron chi connectivity index (χ4n) is 4.50. The fraction of sp³-hybridized carbons (Fsp3) is 0.348. The third-order valence-corrected chi connectivity index (χ3v) is 6.12. The average Bonchev–Trinajstić information content (AvgIpc) is 2.98. The lowest BCUT2D eigenvalue weighted by Gasteiger charge is -2.41. The molecule has 1 aliphatic heterocycles. The highest BCUT2D eigenvalue weighted by molar-refractivity contribution is 5.78. The smallest absolute Gasteiger partial charge is 0.419 e. The topological polar surface area (TPSA) is 29.5 Å². The summed E-state index contributed by atoms with van der Waals surface area (Å²) in [5, 5.41) is 0. The minimum Gasteiger partial charge on any atom is -0.483 e. The van der Waals surface area contributed by atoms with Gasteiger partial charge in [-0.15, -0.1) is 0 Å². The lowest BCUT2D eigenvalue weighted by molar-refractivity contribution is -0.141. The summed E-state index contributed by atoms with van der Waals surface area (Å²) in [5.74, 6) is -0.602. The summed E-state index contributed by atoms with van der Waals surface area (Å²) in [5.41, 5.74) is 2.93. The van der Waals surface area contributed by atoms with Crippen LogP contribution in [0, 0.1) is 0 Å². The standard InChI is InChI=1S/C23H22F3NO2/c1-16-14-17-6-2-3-7-18(17)22(16)10-12-27(13-11-22)21(28)15-29-20-9-5-4-8-19(20)23(24,25)26/h2-9,14H,10-13,15H2,1H3. The van der Waals surface area contributed by atoms with Crippen molar-refractivity contribution in [1.82, 2.24) is 4.90 Å². The third-order valence-electron chi connectivity index (χ3n) is 6.12. The van der Waals surface area contributed by atoms with Crippen LogP contribution in [0.25, 0.3) is 6.08 Å². The Morgan fingerprint density at radius 2 is 1.72 bits per heavy atom. The molecule has 0 aromatic heterocycles. The van der Waals surface area contributed by atoms with Crippen LogP contribution in [-0.4, -0.2) is 30.5 Å². The predicted octanol–water partition coefficient (Wildman–Crippen LogP) is 5.06. The zero-order valence-electron chi connectivity index (χ0n) is 16.1. The van der Waals surface area contributed by atoms with E-state index in [4.69, 9.17) is 4.74 Å². The normalized spacial score (nSPS) is 17.8. The second-order valence-electron chi connectivity index (χ2n) is 7.66. The van der Waals surface area contributed by atoms with Crippen LogP contribution >= 0.6 is 0 Å². The lowest BCUT2D eigenvalue weighted by atomic mass is 9.70. The maximum absolute atomic E-state index is 13.1. The van der Waals surface area contributed by atoms with Gasteiger partial charge in [0, 0.05) is 18.5 Å². The zero-order valence-corrected chi connectivity index (χ0v) is 16.1. The molecule has 4 rings (SSSR count). The van der Waals surface area contributed by atoms with E-state index in [1.807, 2.05) is 12.1 Å². The molecule has 0 atom stereocenters. The molecule has 1 saturated heterocycles. The number of halogens is 3. The van der Waals surface area contributed by atoms with E-state index in [0.717, 1.165) is 18.9 Å².